The lowest BCUT2D eigenvalue weighted by molar-refractivity contribution is -0.124. The van der Waals surface area contributed by atoms with Gasteiger partial charge in [-0.1, -0.05) is 32.9 Å². The van der Waals surface area contributed by atoms with Gasteiger partial charge in [0.25, 0.3) is 5.91 Å². The number of hydrogen-bond donors (Lipinski definition) is 1. The molecule has 27 heavy (non-hydrogen) atoms. The molecule has 0 bridgehead atoms. The van der Waals surface area contributed by atoms with E-state index in [2.05, 4.69) is 19.2 Å². The highest BCUT2D eigenvalue weighted by atomic mass is 32.1. The van der Waals surface area contributed by atoms with E-state index in [1.807, 2.05) is 37.3 Å². The highest BCUT2D eigenvalue weighted by Gasteiger charge is 2.24. The molecule has 1 N–H and O–H groups in total. The van der Waals surface area contributed by atoms with E-state index in [4.69, 9.17) is 4.74 Å². The molecule has 1 heterocycles. The Hall–Kier alpha value is -2.14. The van der Waals surface area contributed by atoms with E-state index in [-0.39, 0.29) is 5.91 Å². The molecule has 1 aliphatic carbocycles. The molecule has 1 aromatic heterocycles. The van der Waals surface area contributed by atoms with Crippen molar-refractivity contribution in [2.24, 2.45) is 0 Å². The van der Waals surface area contributed by atoms with Crippen LogP contribution in [0.4, 0.5) is 5.69 Å². The second kappa shape index (κ2) is 8.70. The summed E-state index contributed by atoms with van der Waals surface area (Å²) in [6.07, 6.45) is 4.07. The third-order valence-corrected chi connectivity index (χ3v) is 6.17. The maximum atomic E-state index is 12.5. The van der Waals surface area contributed by atoms with Crippen molar-refractivity contribution in [2.45, 2.75) is 64.9 Å². The van der Waals surface area contributed by atoms with Crippen molar-refractivity contribution in [3.8, 4) is 0 Å². The number of carbonyl (C=O) groups excluding carboxylic acids is 2. The van der Waals surface area contributed by atoms with Crippen molar-refractivity contribution < 1.29 is 14.3 Å². The predicted octanol–water partition coefficient (Wildman–Crippen LogP) is 5.32. The number of ether oxygens (including phenoxy) is 1. The molecular weight excluding hydrogens is 358 g/mol. The van der Waals surface area contributed by atoms with Crippen molar-refractivity contribution in [3.05, 3.63) is 51.2 Å². The number of esters is 1. The van der Waals surface area contributed by atoms with E-state index < -0.39 is 12.1 Å². The van der Waals surface area contributed by atoms with Crippen molar-refractivity contribution in [1.82, 2.24) is 0 Å². The van der Waals surface area contributed by atoms with Gasteiger partial charge in [-0.2, -0.15) is 0 Å². The molecule has 1 unspecified atom stereocenters. The standard InChI is InChI=1S/C22H27NO3S/c1-4-18(21(24)23-17-11-9-15(10-12-17)14(2)3)26-22(25)20-13-16-7-5-6-8-19(16)27-20/h9-14,18H,4-8H2,1-3H3,(H,23,24). The Morgan fingerprint density at radius 2 is 1.85 bits per heavy atom. The topological polar surface area (TPSA) is 55.4 Å². The zero-order valence-corrected chi connectivity index (χ0v) is 17.0. The molecule has 0 saturated heterocycles. The Morgan fingerprint density at radius 1 is 1.15 bits per heavy atom. The molecule has 0 saturated carbocycles. The first-order valence-electron chi connectivity index (χ1n) is 9.71. The van der Waals surface area contributed by atoms with Gasteiger partial charge in [0.1, 0.15) is 4.88 Å². The third kappa shape index (κ3) is 4.78. The second-order valence-electron chi connectivity index (χ2n) is 7.33. The minimum atomic E-state index is -0.790. The van der Waals surface area contributed by atoms with Gasteiger partial charge in [0.15, 0.2) is 6.10 Å². The SMILES string of the molecule is CCC(OC(=O)c1cc2c(s1)CCCC2)C(=O)Nc1ccc(C(C)C)cc1. The van der Waals surface area contributed by atoms with E-state index in [1.165, 1.54) is 40.2 Å². The molecule has 1 aromatic carbocycles. The molecule has 0 fully saturated rings. The third-order valence-electron chi connectivity index (χ3n) is 4.96. The lowest BCUT2D eigenvalue weighted by Gasteiger charge is -2.16. The summed E-state index contributed by atoms with van der Waals surface area (Å²) in [5, 5.41) is 2.85. The number of nitrogens with one attached hydrogen (secondary N) is 1. The van der Waals surface area contributed by atoms with Gasteiger partial charge in [0.05, 0.1) is 0 Å². The van der Waals surface area contributed by atoms with Crippen LogP contribution in [0.3, 0.4) is 0 Å². The van der Waals surface area contributed by atoms with E-state index in [0.717, 1.165) is 12.8 Å². The minimum absolute atomic E-state index is 0.288. The fraction of sp³-hybridized carbons (Fsp3) is 0.455. The number of amides is 1. The molecule has 2 aromatic rings. The highest BCUT2D eigenvalue weighted by Crippen LogP contribution is 2.30. The molecule has 0 radical (unpaired) electrons. The van der Waals surface area contributed by atoms with Crippen LogP contribution in [0.15, 0.2) is 30.3 Å². The van der Waals surface area contributed by atoms with E-state index in [9.17, 15) is 9.59 Å². The molecule has 3 rings (SSSR count). The molecule has 144 valence electrons. The van der Waals surface area contributed by atoms with Crippen LogP contribution >= 0.6 is 11.3 Å². The molecule has 4 nitrogen and oxygen atoms in total. The number of thiophene rings is 1. The van der Waals surface area contributed by atoms with Crippen molar-refractivity contribution in [3.63, 3.8) is 0 Å². The maximum Gasteiger partial charge on any atom is 0.349 e. The van der Waals surface area contributed by atoms with Gasteiger partial charge in [0.2, 0.25) is 0 Å². The van der Waals surface area contributed by atoms with Crippen LogP contribution in [0.2, 0.25) is 0 Å². The zero-order valence-electron chi connectivity index (χ0n) is 16.2. The van der Waals surface area contributed by atoms with Crippen LogP contribution in [-0.2, 0) is 22.4 Å². The molecule has 5 heteroatoms. The first-order chi connectivity index (χ1) is 13.0. The molecular formula is C22H27NO3S. The van der Waals surface area contributed by atoms with E-state index >= 15 is 0 Å². The van der Waals surface area contributed by atoms with Gasteiger partial charge in [-0.3, -0.25) is 4.79 Å². The number of anilines is 1. The Balaban J connectivity index is 1.62. The number of fused-ring (bicyclic) bond motifs is 1. The Bertz CT molecular complexity index is 784. The first kappa shape index (κ1) is 19.6. The van der Waals surface area contributed by atoms with Crippen molar-refractivity contribution in [2.75, 3.05) is 5.32 Å². The number of rotatable bonds is 6. The monoisotopic (exact) mass is 385 g/mol. The normalized spacial score (nSPS) is 14.5. The van der Waals surface area contributed by atoms with Gasteiger partial charge < -0.3 is 10.1 Å². The van der Waals surface area contributed by atoms with E-state index in [1.54, 1.807) is 0 Å². The second-order valence-corrected chi connectivity index (χ2v) is 8.47. The lowest BCUT2D eigenvalue weighted by atomic mass is 9.99. The minimum Gasteiger partial charge on any atom is -0.448 e. The van der Waals surface area contributed by atoms with Gasteiger partial charge in [-0.05, 0) is 67.3 Å². The zero-order chi connectivity index (χ0) is 19.4. The van der Waals surface area contributed by atoms with Gasteiger partial charge >= 0.3 is 5.97 Å². The van der Waals surface area contributed by atoms with Gasteiger partial charge in [-0.25, -0.2) is 4.79 Å². The van der Waals surface area contributed by atoms with Crippen LogP contribution in [0.5, 0.6) is 0 Å². The predicted molar refractivity (Wildman–Crippen MR) is 110 cm³/mol. The van der Waals surface area contributed by atoms with Gasteiger partial charge in [0, 0.05) is 10.6 Å². The summed E-state index contributed by atoms with van der Waals surface area (Å²) in [5.74, 6) is -0.244. The molecule has 0 aliphatic heterocycles. The maximum absolute atomic E-state index is 12.5. The van der Waals surface area contributed by atoms with Crippen LogP contribution in [0, 0.1) is 0 Å². The quantitative estimate of drug-likeness (QED) is 0.684. The number of aryl methyl sites for hydroxylation is 2. The van der Waals surface area contributed by atoms with Gasteiger partial charge in [-0.15, -0.1) is 11.3 Å². The summed E-state index contributed by atoms with van der Waals surface area (Å²) in [7, 11) is 0. The summed E-state index contributed by atoms with van der Waals surface area (Å²) >= 11 is 1.51. The smallest absolute Gasteiger partial charge is 0.349 e. The Morgan fingerprint density at radius 3 is 2.48 bits per heavy atom. The van der Waals surface area contributed by atoms with Crippen LogP contribution in [-0.4, -0.2) is 18.0 Å². The molecule has 0 spiro atoms. The van der Waals surface area contributed by atoms with Crippen molar-refractivity contribution >= 4 is 28.9 Å². The Labute approximate surface area is 164 Å². The number of carbonyl (C=O) groups is 2. The molecule has 1 amide bonds. The largest absolute Gasteiger partial charge is 0.448 e. The lowest BCUT2D eigenvalue weighted by Crippen LogP contribution is -2.31. The molecule has 1 atom stereocenters. The Kier molecular flexibility index (Phi) is 6.32. The fourth-order valence-corrected chi connectivity index (χ4v) is 4.41. The highest BCUT2D eigenvalue weighted by molar-refractivity contribution is 7.14. The molecule has 1 aliphatic rings. The van der Waals surface area contributed by atoms with Crippen molar-refractivity contribution in [1.29, 1.82) is 0 Å². The average molecular weight is 386 g/mol. The fourth-order valence-electron chi connectivity index (χ4n) is 3.27. The summed E-state index contributed by atoms with van der Waals surface area (Å²) in [6, 6.07) is 9.72. The number of hydrogen-bond acceptors (Lipinski definition) is 4. The van der Waals surface area contributed by atoms with Crippen LogP contribution in [0.1, 0.15) is 71.6 Å². The number of benzene rings is 1. The average Bonchev–Trinajstić information content (AvgIpc) is 3.10. The van der Waals surface area contributed by atoms with E-state index in [0.29, 0.717) is 22.9 Å². The first-order valence-corrected chi connectivity index (χ1v) is 10.5. The summed E-state index contributed by atoms with van der Waals surface area (Å²) in [6.45, 7) is 6.10. The summed E-state index contributed by atoms with van der Waals surface area (Å²) < 4.78 is 5.52. The van der Waals surface area contributed by atoms with Crippen LogP contribution < -0.4 is 5.32 Å². The van der Waals surface area contributed by atoms with Crippen LogP contribution in [0.25, 0.3) is 0 Å². The summed E-state index contributed by atoms with van der Waals surface area (Å²) in [5.41, 5.74) is 3.19. The summed E-state index contributed by atoms with van der Waals surface area (Å²) in [4.78, 5) is 26.9.